The van der Waals surface area contributed by atoms with E-state index in [0.29, 0.717) is 41.4 Å². The molecule has 35 heavy (non-hydrogen) atoms. The highest BCUT2D eigenvalue weighted by molar-refractivity contribution is 5.70. The third-order valence-corrected chi connectivity index (χ3v) is 5.68. The number of aromatic nitrogens is 6. The van der Waals surface area contributed by atoms with Crippen molar-refractivity contribution >= 4 is 5.97 Å². The summed E-state index contributed by atoms with van der Waals surface area (Å²) in [6.07, 6.45) is 3.61. The summed E-state index contributed by atoms with van der Waals surface area (Å²) in [4.78, 5) is 23.4. The molecule has 0 bridgehead atoms. The van der Waals surface area contributed by atoms with Crippen LogP contribution in [0.3, 0.4) is 0 Å². The predicted molar refractivity (Wildman–Crippen MR) is 116 cm³/mol. The second-order valence-corrected chi connectivity index (χ2v) is 8.09. The molecule has 2 atom stereocenters. The fourth-order valence-corrected chi connectivity index (χ4v) is 3.90. The van der Waals surface area contributed by atoms with E-state index in [0.717, 1.165) is 25.2 Å². The maximum Gasteiger partial charge on any atom is 0.388 e. The van der Waals surface area contributed by atoms with Crippen molar-refractivity contribution in [1.82, 2.24) is 29.9 Å². The van der Waals surface area contributed by atoms with Crippen molar-refractivity contribution in [3.63, 3.8) is 0 Å². The van der Waals surface area contributed by atoms with E-state index in [1.54, 1.807) is 26.1 Å². The van der Waals surface area contributed by atoms with Gasteiger partial charge in [-0.1, -0.05) is 5.21 Å². The summed E-state index contributed by atoms with van der Waals surface area (Å²) < 4.78 is 42.3. The maximum atomic E-state index is 12.4. The third-order valence-electron chi connectivity index (χ3n) is 5.68. The van der Waals surface area contributed by atoms with Crippen LogP contribution in [0.1, 0.15) is 37.1 Å². The van der Waals surface area contributed by atoms with Crippen molar-refractivity contribution in [2.24, 2.45) is 13.0 Å². The predicted octanol–water partition coefficient (Wildman–Crippen LogP) is 3.18. The highest BCUT2D eigenvalue weighted by Gasteiger charge is 2.28. The number of pyridine rings is 1. The molecule has 11 nitrogen and oxygen atoms in total. The highest BCUT2D eigenvalue weighted by atomic mass is 19.3. The zero-order chi connectivity index (χ0) is 24.9. The van der Waals surface area contributed by atoms with Crippen LogP contribution < -0.4 is 14.2 Å². The molecule has 0 spiro atoms. The maximum absolute atomic E-state index is 12.4. The first-order valence-electron chi connectivity index (χ1n) is 11.0. The van der Waals surface area contributed by atoms with Crippen LogP contribution in [0.2, 0.25) is 0 Å². The molecule has 0 aliphatic heterocycles. The fourth-order valence-electron chi connectivity index (χ4n) is 3.90. The summed E-state index contributed by atoms with van der Waals surface area (Å²) >= 11 is 0. The van der Waals surface area contributed by atoms with Gasteiger partial charge in [0, 0.05) is 7.05 Å². The molecule has 186 valence electrons. The Balaban J connectivity index is 1.46. The first kappa shape index (κ1) is 24.2. The van der Waals surface area contributed by atoms with E-state index in [9.17, 15) is 18.7 Å². The lowest BCUT2D eigenvalue weighted by Crippen LogP contribution is -2.29. The Labute approximate surface area is 199 Å². The normalized spacial score (nSPS) is 17.9. The zero-order valence-electron chi connectivity index (χ0n) is 19.1. The number of nitrogens with zero attached hydrogens (tertiary/aromatic N) is 6. The van der Waals surface area contributed by atoms with E-state index >= 15 is 0 Å². The van der Waals surface area contributed by atoms with Gasteiger partial charge in [-0.25, -0.2) is 19.6 Å². The smallest absolute Gasteiger partial charge is 0.388 e. The number of hydrogen-bond donors (Lipinski definition) is 1. The van der Waals surface area contributed by atoms with E-state index in [1.807, 2.05) is 0 Å². The van der Waals surface area contributed by atoms with Crippen LogP contribution in [0.5, 0.6) is 17.5 Å². The van der Waals surface area contributed by atoms with Crippen molar-refractivity contribution in [3.05, 3.63) is 35.9 Å². The Kier molecular flexibility index (Phi) is 7.32. The summed E-state index contributed by atoms with van der Waals surface area (Å²) in [6, 6.07) is 4.68. The number of halogens is 2. The molecule has 2 unspecified atom stereocenters. The summed E-state index contributed by atoms with van der Waals surface area (Å²) in [5.41, 5.74) is 2.22. The summed E-state index contributed by atoms with van der Waals surface area (Å²) in [5, 5.41) is 17.5. The van der Waals surface area contributed by atoms with E-state index in [-0.39, 0.29) is 24.5 Å². The number of alkyl halides is 2. The number of carboxylic acids is 1. The second-order valence-electron chi connectivity index (χ2n) is 8.09. The molecular formula is C22H24F2N6O5. The van der Waals surface area contributed by atoms with Crippen LogP contribution >= 0.6 is 0 Å². The monoisotopic (exact) mass is 490 g/mol. The SMILES string of the molecule is Cc1nc(-c2nnn(C)c2COc2cc(OC(F)F)ncn2)ccc1OC1CCCC(C(=O)O)C1. The average molecular weight is 490 g/mol. The van der Waals surface area contributed by atoms with E-state index in [1.165, 1.54) is 4.68 Å². The first-order valence-corrected chi connectivity index (χ1v) is 11.0. The number of aliphatic carboxylic acids is 1. The van der Waals surface area contributed by atoms with Crippen LogP contribution in [0.25, 0.3) is 11.4 Å². The number of hydrogen-bond acceptors (Lipinski definition) is 9. The van der Waals surface area contributed by atoms with E-state index in [2.05, 4.69) is 30.0 Å². The lowest BCUT2D eigenvalue weighted by Gasteiger charge is -2.27. The minimum atomic E-state index is -3.01. The molecule has 1 fully saturated rings. The Morgan fingerprint density at radius 2 is 2.06 bits per heavy atom. The van der Waals surface area contributed by atoms with E-state index < -0.39 is 18.5 Å². The summed E-state index contributed by atoms with van der Waals surface area (Å²) in [6.45, 7) is -1.22. The molecule has 0 aromatic carbocycles. The Morgan fingerprint density at radius 1 is 1.26 bits per heavy atom. The molecule has 1 saturated carbocycles. The number of carbonyl (C=O) groups is 1. The van der Waals surface area contributed by atoms with Crippen LogP contribution in [-0.2, 0) is 18.4 Å². The lowest BCUT2D eigenvalue weighted by molar-refractivity contribution is -0.143. The lowest BCUT2D eigenvalue weighted by atomic mass is 9.87. The molecule has 3 aromatic heterocycles. The van der Waals surface area contributed by atoms with Gasteiger partial charge in [-0.05, 0) is 44.7 Å². The molecule has 4 rings (SSSR count). The molecule has 1 N–H and O–H groups in total. The van der Waals surface area contributed by atoms with Gasteiger partial charge in [0.2, 0.25) is 11.8 Å². The topological polar surface area (TPSA) is 134 Å². The molecule has 3 heterocycles. The fraction of sp³-hybridized carbons (Fsp3) is 0.455. The van der Waals surface area contributed by atoms with Gasteiger partial charge in [-0.2, -0.15) is 8.78 Å². The standard InChI is InChI=1S/C22H24F2N6O5/c1-12-17(34-14-5-3-4-13(8-14)21(31)32)7-6-15(27-12)20-16(30(2)29-28-20)10-33-18-9-19(26-11-25-18)35-22(23)24/h6-7,9,11,13-14,22H,3-5,8,10H2,1-2H3,(H,31,32). The summed E-state index contributed by atoms with van der Waals surface area (Å²) in [5.74, 6) is -0.868. The average Bonchev–Trinajstić information content (AvgIpc) is 3.19. The summed E-state index contributed by atoms with van der Waals surface area (Å²) in [7, 11) is 1.69. The number of aryl methyl sites for hydroxylation is 2. The van der Waals surface area contributed by atoms with Crippen molar-refractivity contribution in [2.75, 3.05) is 0 Å². The van der Waals surface area contributed by atoms with Crippen LogP contribution in [0, 0.1) is 12.8 Å². The van der Waals surface area contributed by atoms with Gasteiger partial charge in [0.1, 0.15) is 30.1 Å². The largest absolute Gasteiger partial charge is 0.489 e. The van der Waals surface area contributed by atoms with Gasteiger partial charge < -0.3 is 19.3 Å². The Hall–Kier alpha value is -3.90. The number of rotatable bonds is 9. The van der Waals surface area contributed by atoms with Gasteiger partial charge >= 0.3 is 12.6 Å². The van der Waals surface area contributed by atoms with Crippen LogP contribution in [-0.4, -0.2) is 53.7 Å². The van der Waals surface area contributed by atoms with Crippen molar-refractivity contribution in [1.29, 1.82) is 0 Å². The molecular weight excluding hydrogens is 466 g/mol. The molecule has 1 aliphatic rings. The third kappa shape index (κ3) is 5.97. The Bertz CT molecular complexity index is 1190. The highest BCUT2D eigenvalue weighted by Crippen LogP contribution is 2.30. The van der Waals surface area contributed by atoms with Gasteiger partial charge in [0.25, 0.3) is 0 Å². The van der Waals surface area contributed by atoms with Gasteiger partial charge in [0.05, 0.1) is 29.5 Å². The number of carboxylic acid groups (broad SMARTS) is 1. The second kappa shape index (κ2) is 10.6. The minimum Gasteiger partial charge on any atom is -0.489 e. The van der Waals surface area contributed by atoms with Crippen LogP contribution in [0.15, 0.2) is 24.5 Å². The zero-order valence-corrected chi connectivity index (χ0v) is 19.1. The number of ether oxygens (including phenoxy) is 3. The van der Waals surface area contributed by atoms with E-state index in [4.69, 9.17) is 9.47 Å². The van der Waals surface area contributed by atoms with Gasteiger partial charge in [0.15, 0.2) is 0 Å². The molecule has 3 aromatic rings. The van der Waals surface area contributed by atoms with Gasteiger partial charge in [-0.3, -0.25) is 4.79 Å². The van der Waals surface area contributed by atoms with Gasteiger partial charge in [-0.15, -0.1) is 5.10 Å². The van der Waals surface area contributed by atoms with Crippen LogP contribution in [0.4, 0.5) is 8.78 Å². The molecule has 1 aliphatic carbocycles. The van der Waals surface area contributed by atoms with Crippen molar-refractivity contribution in [3.8, 4) is 28.9 Å². The molecule has 0 saturated heterocycles. The molecule has 0 radical (unpaired) electrons. The van der Waals surface area contributed by atoms with Crippen molar-refractivity contribution in [2.45, 2.75) is 51.9 Å². The first-order chi connectivity index (χ1) is 16.8. The molecule has 13 heteroatoms. The minimum absolute atomic E-state index is 0.0123. The Morgan fingerprint density at radius 3 is 2.80 bits per heavy atom. The quantitative estimate of drug-likeness (QED) is 0.476. The molecule has 0 amide bonds. The van der Waals surface area contributed by atoms with Crippen molar-refractivity contribution < 1.29 is 32.9 Å².